The fourth-order valence-corrected chi connectivity index (χ4v) is 2.56. The molecule has 0 bridgehead atoms. The van der Waals surface area contributed by atoms with Crippen molar-refractivity contribution in [3.8, 4) is 11.4 Å². The normalized spacial score (nSPS) is 10.4. The smallest absolute Gasteiger partial charge is 0.294 e. The van der Waals surface area contributed by atoms with Gasteiger partial charge in [0.15, 0.2) is 0 Å². The lowest BCUT2D eigenvalue weighted by Gasteiger charge is -2.07. The lowest BCUT2D eigenvalue weighted by Crippen LogP contribution is -2.23. The summed E-state index contributed by atoms with van der Waals surface area (Å²) in [6, 6.07) is 14.6. The Hall–Kier alpha value is -3.75. The number of hydrogen-bond acceptors (Lipinski definition) is 6. The molecule has 0 atom stereocenters. The molecule has 0 saturated heterocycles. The Kier molecular flexibility index (Phi) is 6.18. The van der Waals surface area contributed by atoms with Crippen LogP contribution >= 0.6 is 0 Å². The molecule has 0 aliphatic carbocycles. The Balaban J connectivity index is 1.55. The van der Waals surface area contributed by atoms with Crippen LogP contribution in [0.2, 0.25) is 0 Å². The second-order valence-corrected chi connectivity index (χ2v) is 6.55. The Morgan fingerprint density at radius 1 is 1.07 bits per heavy atom. The highest BCUT2D eigenvalue weighted by Gasteiger charge is 2.15. The van der Waals surface area contributed by atoms with Crippen LogP contribution in [-0.2, 0) is 11.2 Å². The lowest BCUT2D eigenvalue weighted by molar-refractivity contribution is -0.116. The molecular weight excluding hydrogens is 372 g/mol. The molecule has 1 N–H and O–H groups in total. The molecule has 9 nitrogen and oxygen atoms in total. The first kappa shape index (κ1) is 20.0. The molecule has 2 aromatic carbocycles. The zero-order valence-electron chi connectivity index (χ0n) is 16.5. The maximum Gasteiger partial charge on any atom is 0.294 e. The summed E-state index contributed by atoms with van der Waals surface area (Å²) in [4.78, 5) is 26.7. The van der Waals surface area contributed by atoms with Crippen LogP contribution in [0.5, 0.6) is 5.75 Å². The fraction of sp³-hybridized carbons (Fsp3) is 0.250. The minimum absolute atomic E-state index is 0.0194. The predicted molar refractivity (Wildman–Crippen MR) is 107 cm³/mol. The van der Waals surface area contributed by atoms with Gasteiger partial charge in [-0.3, -0.25) is 9.59 Å². The zero-order chi connectivity index (χ0) is 20.8. The lowest BCUT2D eigenvalue weighted by atomic mass is 10.1. The number of carbonyl (C=O) groups is 2. The number of tetrazole rings is 1. The van der Waals surface area contributed by atoms with Gasteiger partial charge in [0, 0.05) is 26.2 Å². The van der Waals surface area contributed by atoms with Gasteiger partial charge in [0.25, 0.3) is 11.7 Å². The molecule has 0 fully saturated rings. The number of aryl methyl sites for hydroxylation is 1. The Morgan fingerprint density at radius 3 is 2.38 bits per heavy atom. The molecular formula is C20H22N6O3. The van der Waals surface area contributed by atoms with Crippen molar-refractivity contribution in [2.24, 2.45) is 0 Å². The largest absolute Gasteiger partial charge is 0.497 e. The van der Waals surface area contributed by atoms with Gasteiger partial charge in [0.05, 0.1) is 12.8 Å². The maximum atomic E-state index is 12.2. The average Bonchev–Trinajstić information content (AvgIpc) is 3.22. The molecule has 1 aromatic heterocycles. The topological polar surface area (TPSA) is 102 Å². The fourth-order valence-electron chi connectivity index (χ4n) is 2.56. The van der Waals surface area contributed by atoms with Gasteiger partial charge >= 0.3 is 0 Å². The van der Waals surface area contributed by atoms with Crippen LogP contribution in [-0.4, -0.2) is 58.1 Å². The molecule has 0 spiro atoms. The third-order valence-corrected chi connectivity index (χ3v) is 4.19. The molecule has 0 unspecified atom stereocenters. The van der Waals surface area contributed by atoms with Gasteiger partial charge in [0.1, 0.15) is 5.75 Å². The molecule has 9 heteroatoms. The number of hydrogen-bond donors (Lipinski definition) is 1. The summed E-state index contributed by atoms with van der Waals surface area (Å²) in [5, 5.41) is 14.6. The van der Waals surface area contributed by atoms with Gasteiger partial charge < -0.3 is 15.0 Å². The molecule has 0 aliphatic heterocycles. The van der Waals surface area contributed by atoms with Gasteiger partial charge in [-0.2, -0.15) is 0 Å². The quantitative estimate of drug-likeness (QED) is 0.657. The first-order chi connectivity index (χ1) is 14.0. The van der Waals surface area contributed by atoms with E-state index in [1.807, 2.05) is 24.3 Å². The van der Waals surface area contributed by atoms with Crippen molar-refractivity contribution in [3.63, 3.8) is 0 Å². The van der Waals surface area contributed by atoms with Crippen molar-refractivity contribution in [1.29, 1.82) is 0 Å². The van der Waals surface area contributed by atoms with E-state index in [1.165, 1.54) is 9.70 Å². The predicted octanol–water partition coefficient (Wildman–Crippen LogP) is 1.94. The van der Waals surface area contributed by atoms with E-state index >= 15 is 0 Å². The number of anilines is 1. The van der Waals surface area contributed by atoms with Crippen molar-refractivity contribution in [2.75, 3.05) is 26.5 Å². The third-order valence-electron chi connectivity index (χ3n) is 4.19. The summed E-state index contributed by atoms with van der Waals surface area (Å²) in [6.45, 7) is 0. The summed E-state index contributed by atoms with van der Waals surface area (Å²) in [7, 11) is 4.86. The van der Waals surface area contributed by atoms with Crippen LogP contribution in [0.3, 0.4) is 0 Å². The van der Waals surface area contributed by atoms with Crippen LogP contribution < -0.4 is 10.1 Å². The standard InChI is InChI=1S/C20H22N6O3/c1-25(2)20(28)19-22-24-26(23-19)16-9-7-15(8-10-16)21-18(27)13-6-14-4-11-17(29-3)12-5-14/h4-5,7-12H,6,13H2,1-3H3,(H,21,27). The number of rotatable bonds is 7. The minimum Gasteiger partial charge on any atom is -0.497 e. The molecule has 0 aliphatic rings. The first-order valence-corrected chi connectivity index (χ1v) is 9.01. The van der Waals surface area contributed by atoms with E-state index in [1.54, 1.807) is 45.5 Å². The van der Waals surface area contributed by atoms with Crippen molar-refractivity contribution in [3.05, 3.63) is 59.9 Å². The molecule has 0 radical (unpaired) electrons. The number of ether oxygens (including phenoxy) is 1. The Morgan fingerprint density at radius 2 is 1.76 bits per heavy atom. The number of benzene rings is 2. The summed E-state index contributed by atoms with van der Waals surface area (Å²) in [5.41, 5.74) is 2.36. The first-order valence-electron chi connectivity index (χ1n) is 9.01. The highest BCUT2D eigenvalue weighted by atomic mass is 16.5. The van der Waals surface area contributed by atoms with Crippen LogP contribution in [0, 0.1) is 0 Å². The molecule has 29 heavy (non-hydrogen) atoms. The van der Waals surface area contributed by atoms with Crippen LogP contribution in [0.4, 0.5) is 5.69 Å². The Labute approximate surface area is 168 Å². The van der Waals surface area contributed by atoms with Gasteiger partial charge in [-0.05, 0) is 53.6 Å². The van der Waals surface area contributed by atoms with Crippen molar-refractivity contribution >= 4 is 17.5 Å². The van der Waals surface area contributed by atoms with Gasteiger partial charge in [-0.25, -0.2) is 0 Å². The molecule has 2 amide bonds. The van der Waals surface area contributed by atoms with E-state index in [4.69, 9.17) is 4.74 Å². The second-order valence-electron chi connectivity index (χ2n) is 6.55. The van der Waals surface area contributed by atoms with Gasteiger partial charge in [-0.15, -0.1) is 15.0 Å². The van der Waals surface area contributed by atoms with E-state index in [-0.39, 0.29) is 17.6 Å². The van der Waals surface area contributed by atoms with Crippen LogP contribution in [0.25, 0.3) is 5.69 Å². The van der Waals surface area contributed by atoms with E-state index < -0.39 is 0 Å². The summed E-state index contributed by atoms with van der Waals surface area (Å²) >= 11 is 0. The summed E-state index contributed by atoms with van der Waals surface area (Å²) < 4.78 is 5.13. The molecule has 150 valence electrons. The van der Waals surface area contributed by atoms with Crippen molar-refractivity contribution in [2.45, 2.75) is 12.8 Å². The van der Waals surface area contributed by atoms with Crippen LogP contribution in [0.1, 0.15) is 22.6 Å². The average molecular weight is 394 g/mol. The highest BCUT2D eigenvalue weighted by molar-refractivity contribution is 5.91. The molecule has 1 heterocycles. The van der Waals surface area contributed by atoms with Crippen molar-refractivity contribution in [1.82, 2.24) is 25.1 Å². The zero-order valence-corrected chi connectivity index (χ0v) is 16.5. The number of aromatic nitrogens is 4. The number of methoxy groups -OCH3 is 1. The van der Waals surface area contributed by atoms with E-state index in [0.717, 1.165) is 11.3 Å². The van der Waals surface area contributed by atoms with Crippen LogP contribution in [0.15, 0.2) is 48.5 Å². The third kappa shape index (κ3) is 5.16. The SMILES string of the molecule is COc1ccc(CCC(=O)Nc2ccc(-n3nnc(C(=O)N(C)C)n3)cc2)cc1. The number of amides is 2. The number of nitrogens with zero attached hydrogens (tertiary/aromatic N) is 5. The second kappa shape index (κ2) is 8.96. The maximum absolute atomic E-state index is 12.2. The summed E-state index contributed by atoms with van der Waals surface area (Å²) in [5.74, 6) is 0.410. The van der Waals surface area contributed by atoms with E-state index in [0.29, 0.717) is 24.2 Å². The molecule has 3 rings (SSSR count). The van der Waals surface area contributed by atoms with E-state index in [2.05, 4.69) is 20.7 Å². The molecule has 3 aromatic rings. The minimum atomic E-state index is -0.322. The van der Waals surface area contributed by atoms with Gasteiger partial charge in [-0.1, -0.05) is 12.1 Å². The molecule has 0 saturated carbocycles. The van der Waals surface area contributed by atoms with E-state index in [9.17, 15) is 9.59 Å². The number of nitrogens with one attached hydrogen (secondary N) is 1. The summed E-state index contributed by atoms with van der Waals surface area (Å²) in [6.07, 6.45) is 1.01. The highest BCUT2D eigenvalue weighted by Crippen LogP contribution is 2.15. The Bertz CT molecular complexity index is 980. The van der Waals surface area contributed by atoms with Crippen molar-refractivity contribution < 1.29 is 14.3 Å². The van der Waals surface area contributed by atoms with Gasteiger partial charge in [0.2, 0.25) is 5.91 Å². The monoisotopic (exact) mass is 394 g/mol. The number of carbonyl (C=O) groups excluding carboxylic acids is 2.